The van der Waals surface area contributed by atoms with Gasteiger partial charge in [0, 0.05) is 35.0 Å². The Morgan fingerprint density at radius 2 is 2.13 bits per heavy atom. The molecular formula is C17H17F2NOS2. The van der Waals surface area contributed by atoms with Crippen molar-refractivity contribution in [2.45, 2.75) is 18.1 Å². The van der Waals surface area contributed by atoms with Crippen LogP contribution < -0.4 is 0 Å². The molecule has 1 saturated heterocycles. The smallest absolute Gasteiger partial charge is 0.227 e. The molecule has 0 saturated carbocycles. The molecule has 0 N–H and O–H groups in total. The average Bonchev–Trinajstić information content (AvgIpc) is 2.94. The highest BCUT2D eigenvalue weighted by atomic mass is 32.2. The highest BCUT2D eigenvalue weighted by molar-refractivity contribution is 7.99. The minimum Gasteiger partial charge on any atom is -0.342 e. The third kappa shape index (κ3) is 4.12. The topological polar surface area (TPSA) is 20.3 Å². The lowest BCUT2D eigenvalue weighted by atomic mass is 10.1. The van der Waals surface area contributed by atoms with Crippen LogP contribution in [0.2, 0.25) is 0 Å². The molecule has 6 heteroatoms. The zero-order valence-corrected chi connectivity index (χ0v) is 14.1. The second kappa shape index (κ2) is 7.45. The van der Waals surface area contributed by atoms with Crippen LogP contribution in [0.4, 0.5) is 8.78 Å². The maximum atomic E-state index is 13.7. The standard InChI is InChI=1S/C17H17F2NOS2/c18-13-4-3-12(14(19)11-13)10-17(21)20-6-5-16(23-9-7-20)15-2-1-8-22-15/h1-4,8,11,16H,5-7,9-10H2. The molecule has 3 rings (SSSR count). The molecule has 1 unspecified atom stereocenters. The summed E-state index contributed by atoms with van der Waals surface area (Å²) in [6.07, 6.45) is 0.892. The van der Waals surface area contributed by atoms with Gasteiger partial charge >= 0.3 is 0 Å². The van der Waals surface area contributed by atoms with E-state index in [0.717, 1.165) is 18.2 Å². The summed E-state index contributed by atoms with van der Waals surface area (Å²) >= 11 is 3.61. The molecule has 0 spiro atoms. The van der Waals surface area contributed by atoms with E-state index >= 15 is 0 Å². The van der Waals surface area contributed by atoms with Crippen molar-refractivity contribution in [2.24, 2.45) is 0 Å². The highest BCUT2D eigenvalue weighted by Crippen LogP contribution is 2.36. The van der Waals surface area contributed by atoms with Gasteiger partial charge in [-0.3, -0.25) is 4.79 Å². The second-order valence-corrected chi connectivity index (χ2v) is 7.75. The molecule has 23 heavy (non-hydrogen) atoms. The Morgan fingerprint density at radius 1 is 1.26 bits per heavy atom. The lowest BCUT2D eigenvalue weighted by molar-refractivity contribution is -0.130. The molecule has 1 amide bonds. The Balaban J connectivity index is 1.61. The Hall–Kier alpha value is -1.40. The van der Waals surface area contributed by atoms with Crippen LogP contribution in [0, 0.1) is 11.6 Å². The molecule has 1 atom stereocenters. The van der Waals surface area contributed by atoms with Crippen molar-refractivity contribution >= 4 is 29.0 Å². The van der Waals surface area contributed by atoms with Crippen molar-refractivity contribution in [1.82, 2.24) is 4.90 Å². The van der Waals surface area contributed by atoms with Gasteiger partial charge < -0.3 is 4.90 Å². The number of hydrogen-bond donors (Lipinski definition) is 0. The van der Waals surface area contributed by atoms with E-state index in [4.69, 9.17) is 0 Å². The predicted molar refractivity (Wildman–Crippen MR) is 90.8 cm³/mol. The van der Waals surface area contributed by atoms with Crippen molar-refractivity contribution in [3.63, 3.8) is 0 Å². The Morgan fingerprint density at radius 3 is 2.87 bits per heavy atom. The number of amides is 1. The molecule has 1 aliphatic heterocycles. The van der Waals surface area contributed by atoms with Crippen LogP contribution in [0.3, 0.4) is 0 Å². The minimum atomic E-state index is -0.654. The fraction of sp³-hybridized carbons (Fsp3) is 0.353. The van der Waals surface area contributed by atoms with Gasteiger partial charge in [-0.15, -0.1) is 11.3 Å². The van der Waals surface area contributed by atoms with Crippen LogP contribution in [0.5, 0.6) is 0 Å². The van der Waals surface area contributed by atoms with Crippen molar-refractivity contribution < 1.29 is 13.6 Å². The van der Waals surface area contributed by atoms with Gasteiger partial charge in [0.05, 0.1) is 6.42 Å². The molecule has 2 nitrogen and oxygen atoms in total. The number of thioether (sulfide) groups is 1. The summed E-state index contributed by atoms with van der Waals surface area (Å²) in [6.45, 7) is 1.35. The molecule has 0 radical (unpaired) electrons. The first-order valence-corrected chi connectivity index (χ1v) is 9.43. The highest BCUT2D eigenvalue weighted by Gasteiger charge is 2.23. The molecule has 122 valence electrons. The van der Waals surface area contributed by atoms with E-state index in [0.29, 0.717) is 18.3 Å². The van der Waals surface area contributed by atoms with E-state index in [1.165, 1.54) is 17.0 Å². The van der Waals surface area contributed by atoms with Gasteiger partial charge in [-0.1, -0.05) is 12.1 Å². The van der Waals surface area contributed by atoms with Gasteiger partial charge in [0.25, 0.3) is 0 Å². The summed E-state index contributed by atoms with van der Waals surface area (Å²) in [4.78, 5) is 15.5. The van der Waals surface area contributed by atoms with Gasteiger partial charge in [0.2, 0.25) is 5.91 Å². The quantitative estimate of drug-likeness (QED) is 0.821. The Kier molecular flexibility index (Phi) is 5.33. The first-order valence-electron chi connectivity index (χ1n) is 7.50. The molecular weight excluding hydrogens is 336 g/mol. The fourth-order valence-electron chi connectivity index (χ4n) is 2.66. The van der Waals surface area contributed by atoms with E-state index in [9.17, 15) is 13.6 Å². The molecule has 1 aliphatic rings. The number of halogens is 2. The second-order valence-electron chi connectivity index (χ2n) is 5.46. The molecule has 0 bridgehead atoms. The van der Waals surface area contributed by atoms with Crippen molar-refractivity contribution in [2.75, 3.05) is 18.8 Å². The van der Waals surface area contributed by atoms with Crippen molar-refractivity contribution in [3.8, 4) is 0 Å². The SMILES string of the molecule is O=C(Cc1ccc(F)cc1F)N1CCSC(c2cccs2)CC1. The summed E-state index contributed by atoms with van der Waals surface area (Å²) < 4.78 is 26.6. The molecule has 2 heterocycles. The number of rotatable bonds is 3. The molecule has 1 aromatic carbocycles. The van der Waals surface area contributed by atoms with E-state index in [1.807, 2.05) is 17.8 Å². The third-order valence-electron chi connectivity index (χ3n) is 3.91. The van der Waals surface area contributed by atoms with Crippen LogP contribution in [0.1, 0.15) is 22.1 Å². The number of hydrogen-bond acceptors (Lipinski definition) is 3. The number of nitrogens with zero attached hydrogens (tertiary/aromatic N) is 1. The molecule has 1 aromatic heterocycles. The minimum absolute atomic E-state index is 0.0134. The monoisotopic (exact) mass is 353 g/mol. The van der Waals surface area contributed by atoms with Gasteiger partial charge in [0.15, 0.2) is 0 Å². The zero-order chi connectivity index (χ0) is 16.2. The van der Waals surface area contributed by atoms with Crippen LogP contribution in [-0.2, 0) is 11.2 Å². The lowest BCUT2D eigenvalue weighted by Crippen LogP contribution is -2.34. The number of thiophene rings is 1. The molecule has 2 aromatic rings. The van der Waals surface area contributed by atoms with Crippen molar-refractivity contribution in [3.05, 3.63) is 57.8 Å². The Bertz CT molecular complexity index is 675. The fourth-order valence-corrected chi connectivity index (χ4v) is 4.90. The van der Waals surface area contributed by atoms with E-state index in [-0.39, 0.29) is 17.9 Å². The van der Waals surface area contributed by atoms with Crippen LogP contribution in [-0.4, -0.2) is 29.6 Å². The van der Waals surface area contributed by atoms with Crippen LogP contribution >= 0.6 is 23.1 Å². The number of benzene rings is 1. The summed E-state index contributed by atoms with van der Waals surface area (Å²) in [5.74, 6) is -0.495. The van der Waals surface area contributed by atoms with E-state index < -0.39 is 11.6 Å². The van der Waals surface area contributed by atoms with Gasteiger partial charge in [-0.05, 0) is 29.5 Å². The summed E-state index contributed by atoms with van der Waals surface area (Å²) in [7, 11) is 0. The predicted octanol–water partition coefficient (Wildman–Crippen LogP) is 4.28. The van der Waals surface area contributed by atoms with Gasteiger partial charge in [0.1, 0.15) is 11.6 Å². The lowest BCUT2D eigenvalue weighted by Gasteiger charge is -2.20. The maximum Gasteiger partial charge on any atom is 0.227 e. The largest absolute Gasteiger partial charge is 0.342 e. The van der Waals surface area contributed by atoms with E-state index in [2.05, 4.69) is 11.4 Å². The van der Waals surface area contributed by atoms with Crippen molar-refractivity contribution in [1.29, 1.82) is 0 Å². The number of carbonyl (C=O) groups is 1. The normalized spacial score (nSPS) is 18.7. The van der Waals surface area contributed by atoms with E-state index in [1.54, 1.807) is 16.2 Å². The summed E-state index contributed by atoms with van der Waals surface area (Å²) in [6, 6.07) is 7.55. The average molecular weight is 353 g/mol. The molecule has 0 aliphatic carbocycles. The van der Waals surface area contributed by atoms with Crippen LogP contribution in [0.15, 0.2) is 35.7 Å². The number of carbonyl (C=O) groups excluding carboxylic acids is 1. The van der Waals surface area contributed by atoms with Crippen LogP contribution in [0.25, 0.3) is 0 Å². The first-order chi connectivity index (χ1) is 11.1. The summed E-state index contributed by atoms with van der Waals surface area (Å²) in [5.41, 5.74) is 0.253. The summed E-state index contributed by atoms with van der Waals surface area (Å²) in [5, 5.41) is 2.50. The Labute approximate surface area is 142 Å². The third-order valence-corrected chi connectivity index (χ3v) is 6.36. The van der Waals surface area contributed by atoms with Gasteiger partial charge in [-0.25, -0.2) is 8.78 Å². The first kappa shape index (κ1) is 16.5. The maximum absolute atomic E-state index is 13.7. The zero-order valence-electron chi connectivity index (χ0n) is 12.5. The van der Waals surface area contributed by atoms with Gasteiger partial charge in [-0.2, -0.15) is 11.8 Å². The molecule has 1 fully saturated rings.